The minimum Gasteiger partial charge on any atom is -0.495 e. The van der Waals surface area contributed by atoms with Gasteiger partial charge >= 0.3 is 0 Å². The van der Waals surface area contributed by atoms with E-state index in [-0.39, 0.29) is 0 Å². The Balaban J connectivity index is 2.56. The van der Waals surface area contributed by atoms with E-state index in [1.54, 1.807) is 0 Å². The second-order valence-electron chi connectivity index (χ2n) is 2.34. The zero-order valence-electron chi connectivity index (χ0n) is 5.18. The van der Waals surface area contributed by atoms with Crippen LogP contribution in [0.5, 0.6) is 0 Å². The molecule has 0 spiro atoms. The van der Waals surface area contributed by atoms with Gasteiger partial charge in [-0.05, 0) is 18.9 Å². The summed E-state index contributed by atoms with van der Waals surface area (Å²) < 4.78 is 0. The van der Waals surface area contributed by atoms with Crippen molar-refractivity contribution in [1.82, 2.24) is 5.32 Å². The predicted octanol–water partition coefficient (Wildman–Crippen LogP) is 1.01. The molecule has 46 valence electrons. The maximum atomic E-state index is 8.82. The molecule has 1 heterocycles. The summed E-state index contributed by atoms with van der Waals surface area (Å²) in [6.07, 6.45) is 1.82. The van der Waals surface area contributed by atoms with E-state index in [0.717, 1.165) is 0 Å². The van der Waals surface area contributed by atoms with Crippen molar-refractivity contribution in [2.24, 2.45) is 5.92 Å². The van der Waals surface area contributed by atoms with Gasteiger partial charge < -0.3 is 10.4 Å². The highest BCUT2D eigenvalue weighted by atomic mass is 16.3. The minimum absolute atomic E-state index is 0.324. The van der Waals surface area contributed by atoms with Crippen molar-refractivity contribution in [2.75, 3.05) is 0 Å². The molecule has 0 aromatic carbocycles. The van der Waals surface area contributed by atoms with Gasteiger partial charge in [-0.3, -0.25) is 0 Å². The molecule has 0 saturated carbocycles. The van der Waals surface area contributed by atoms with Gasteiger partial charge in [0.05, 0.1) is 0 Å². The number of nitrogens with one attached hydrogen (secondary N) is 1. The van der Waals surface area contributed by atoms with Crippen LogP contribution in [-0.4, -0.2) is 11.1 Å². The maximum Gasteiger partial charge on any atom is 0.180 e. The molecule has 0 aromatic rings. The fourth-order valence-corrected chi connectivity index (χ4v) is 0.806. The van der Waals surface area contributed by atoms with Crippen LogP contribution in [0.4, 0.5) is 0 Å². The standard InChI is InChI=1S/C6H11NO/c1-4-3-6(8)7-5(4)2/h3-5,7-8H,1-2H3. The van der Waals surface area contributed by atoms with Crippen molar-refractivity contribution < 1.29 is 5.11 Å². The van der Waals surface area contributed by atoms with Crippen molar-refractivity contribution in [3.63, 3.8) is 0 Å². The molecule has 0 saturated heterocycles. The molecule has 2 heteroatoms. The first-order chi connectivity index (χ1) is 3.70. The van der Waals surface area contributed by atoms with Crippen molar-refractivity contribution in [3.8, 4) is 0 Å². The lowest BCUT2D eigenvalue weighted by Gasteiger charge is -2.07. The molecule has 8 heavy (non-hydrogen) atoms. The minimum atomic E-state index is 0.324. The molecule has 0 radical (unpaired) electrons. The Morgan fingerprint density at radius 3 is 2.38 bits per heavy atom. The van der Waals surface area contributed by atoms with Crippen LogP contribution in [0.2, 0.25) is 0 Å². The summed E-state index contributed by atoms with van der Waals surface area (Å²) >= 11 is 0. The van der Waals surface area contributed by atoms with Crippen molar-refractivity contribution >= 4 is 0 Å². The molecule has 0 aromatic heterocycles. The van der Waals surface area contributed by atoms with Crippen LogP contribution in [-0.2, 0) is 0 Å². The molecule has 2 nitrogen and oxygen atoms in total. The van der Waals surface area contributed by atoms with Gasteiger partial charge in [0.2, 0.25) is 0 Å². The lowest BCUT2D eigenvalue weighted by atomic mass is 10.1. The summed E-state index contributed by atoms with van der Waals surface area (Å²) in [5.41, 5.74) is 0. The van der Waals surface area contributed by atoms with E-state index in [2.05, 4.69) is 12.2 Å². The number of hydrogen-bond donors (Lipinski definition) is 2. The van der Waals surface area contributed by atoms with Crippen LogP contribution in [0.3, 0.4) is 0 Å². The number of hydrogen-bond acceptors (Lipinski definition) is 2. The molecule has 0 fully saturated rings. The van der Waals surface area contributed by atoms with E-state index in [1.165, 1.54) is 0 Å². The van der Waals surface area contributed by atoms with Crippen LogP contribution in [0.25, 0.3) is 0 Å². The molecular formula is C6H11NO. The predicted molar refractivity (Wildman–Crippen MR) is 32.5 cm³/mol. The van der Waals surface area contributed by atoms with Gasteiger partial charge in [0, 0.05) is 6.04 Å². The molecule has 2 N–H and O–H groups in total. The average Bonchev–Trinajstić information content (AvgIpc) is 1.85. The van der Waals surface area contributed by atoms with Crippen LogP contribution >= 0.6 is 0 Å². The zero-order valence-corrected chi connectivity index (χ0v) is 5.18. The van der Waals surface area contributed by atoms with E-state index in [4.69, 9.17) is 5.11 Å². The Kier molecular flexibility index (Phi) is 1.16. The molecule has 2 atom stereocenters. The van der Waals surface area contributed by atoms with Gasteiger partial charge in [0.15, 0.2) is 5.88 Å². The van der Waals surface area contributed by atoms with E-state index in [9.17, 15) is 0 Å². The van der Waals surface area contributed by atoms with Gasteiger partial charge in [-0.1, -0.05) is 6.92 Å². The fraction of sp³-hybridized carbons (Fsp3) is 0.667. The van der Waals surface area contributed by atoms with Crippen LogP contribution in [0, 0.1) is 5.92 Å². The number of aliphatic hydroxyl groups excluding tert-OH is 1. The Labute approximate surface area is 49.2 Å². The van der Waals surface area contributed by atoms with Gasteiger partial charge in [-0.25, -0.2) is 0 Å². The summed E-state index contributed by atoms with van der Waals surface area (Å²) in [6, 6.07) is 0.398. The third-order valence-corrected chi connectivity index (χ3v) is 1.58. The molecule has 1 aliphatic rings. The topological polar surface area (TPSA) is 32.3 Å². The lowest BCUT2D eigenvalue weighted by molar-refractivity contribution is 0.361. The Bertz CT molecular complexity index is 120. The van der Waals surface area contributed by atoms with E-state index in [0.29, 0.717) is 17.8 Å². The maximum absolute atomic E-state index is 8.82. The summed E-state index contributed by atoms with van der Waals surface area (Å²) in [5.74, 6) is 0.792. The smallest absolute Gasteiger partial charge is 0.180 e. The van der Waals surface area contributed by atoms with Gasteiger partial charge in [-0.15, -0.1) is 0 Å². The van der Waals surface area contributed by atoms with E-state index < -0.39 is 0 Å². The van der Waals surface area contributed by atoms with Crippen molar-refractivity contribution in [1.29, 1.82) is 0 Å². The third-order valence-electron chi connectivity index (χ3n) is 1.58. The Morgan fingerprint density at radius 2 is 2.25 bits per heavy atom. The van der Waals surface area contributed by atoms with E-state index >= 15 is 0 Å². The molecule has 1 aliphatic heterocycles. The molecule has 0 aliphatic carbocycles. The molecule has 0 amide bonds. The highest BCUT2D eigenvalue weighted by Crippen LogP contribution is 2.12. The number of aliphatic hydroxyl groups is 1. The first-order valence-electron chi connectivity index (χ1n) is 2.87. The average molecular weight is 113 g/mol. The van der Waals surface area contributed by atoms with Crippen molar-refractivity contribution in [2.45, 2.75) is 19.9 Å². The fourth-order valence-electron chi connectivity index (χ4n) is 0.806. The van der Waals surface area contributed by atoms with Crippen LogP contribution < -0.4 is 5.32 Å². The second-order valence-corrected chi connectivity index (χ2v) is 2.34. The first kappa shape index (κ1) is 5.48. The summed E-state index contributed by atoms with van der Waals surface area (Å²) in [5, 5.41) is 11.7. The Hall–Kier alpha value is -0.660. The normalized spacial score (nSPS) is 36.5. The lowest BCUT2D eigenvalue weighted by Crippen LogP contribution is -2.22. The first-order valence-corrected chi connectivity index (χ1v) is 2.87. The largest absolute Gasteiger partial charge is 0.495 e. The van der Waals surface area contributed by atoms with Gasteiger partial charge in [0.25, 0.3) is 0 Å². The SMILES string of the molecule is CC1C=C(O)NC1C. The van der Waals surface area contributed by atoms with E-state index in [1.807, 2.05) is 13.0 Å². The van der Waals surface area contributed by atoms with Crippen molar-refractivity contribution in [3.05, 3.63) is 12.0 Å². The zero-order chi connectivity index (χ0) is 6.15. The quantitative estimate of drug-likeness (QED) is 0.491. The molecule has 2 unspecified atom stereocenters. The van der Waals surface area contributed by atoms with Gasteiger partial charge in [0.1, 0.15) is 0 Å². The summed E-state index contributed by atoms with van der Waals surface area (Å²) in [6.45, 7) is 4.12. The number of rotatable bonds is 0. The monoisotopic (exact) mass is 113 g/mol. The second kappa shape index (κ2) is 1.69. The van der Waals surface area contributed by atoms with Crippen LogP contribution in [0.15, 0.2) is 12.0 Å². The Morgan fingerprint density at radius 1 is 1.62 bits per heavy atom. The molecular weight excluding hydrogens is 102 g/mol. The highest BCUT2D eigenvalue weighted by molar-refractivity contribution is 5.04. The molecule has 0 bridgehead atoms. The highest BCUT2D eigenvalue weighted by Gasteiger charge is 2.17. The molecule has 1 rings (SSSR count). The third kappa shape index (κ3) is 0.782. The van der Waals surface area contributed by atoms with Crippen LogP contribution in [0.1, 0.15) is 13.8 Å². The van der Waals surface area contributed by atoms with Gasteiger partial charge in [-0.2, -0.15) is 0 Å². The summed E-state index contributed by atoms with van der Waals surface area (Å²) in [4.78, 5) is 0. The summed E-state index contributed by atoms with van der Waals surface area (Å²) in [7, 11) is 0.